The number of hydrogen-bond acceptors (Lipinski definition) is 6. The molecule has 5 nitrogen and oxygen atoms in total. The van der Waals surface area contributed by atoms with E-state index in [0.29, 0.717) is 6.54 Å². The van der Waals surface area contributed by atoms with Crippen LogP contribution in [0.5, 0.6) is 0 Å². The van der Waals surface area contributed by atoms with E-state index in [4.69, 9.17) is 0 Å². The van der Waals surface area contributed by atoms with Crippen molar-refractivity contribution in [2.75, 3.05) is 13.7 Å². The number of aryl methyl sites for hydroxylation is 1. The van der Waals surface area contributed by atoms with E-state index in [1.165, 1.54) is 24.5 Å². The molecule has 2 heterocycles. The third kappa shape index (κ3) is 4.51. The molecule has 1 N–H and O–H groups in total. The fourth-order valence-corrected chi connectivity index (χ4v) is 3.55. The van der Waals surface area contributed by atoms with Crippen LogP contribution in [0.3, 0.4) is 0 Å². The first kappa shape index (κ1) is 16.4. The number of ether oxygens (including phenoxy) is 1. The molecule has 0 spiro atoms. The van der Waals surface area contributed by atoms with Crippen molar-refractivity contribution in [2.24, 2.45) is 0 Å². The number of nitrogens with one attached hydrogen (secondary N) is 1. The SMILES string of the molecule is COC(=O)/C=C/CNC(=O)Cc1sc(C)nc1-c1cccs1. The Balaban J connectivity index is 1.95. The minimum Gasteiger partial charge on any atom is -0.466 e. The molecule has 0 saturated heterocycles. The molecule has 0 saturated carbocycles. The maximum atomic E-state index is 12.0. The van der Waals surface area contributed by atoms with Gasteiger partial charge in [-0.25, -0.2) is 9.78 Å². The highest BCUT2D eigenvalue weighted by atomic mass is 32.1. The zero-order valence-electron chi connectivity index (χ0n) is 12.3. The molecule has 0 aromatic carbocycles. The summed E-state index contributed by atoms with van der Waals surface area (Å²) < 4.78 is 4.47. The average Bonchev–Trinajstić information content (AvgIpc) is 3.12. The summed E-state index contributed by atoms with van der Waals surface area (Å²) in [6, 6.07) is 3.97. The Labute approximate surface area is 136 Å². The smallest absolute Gasteiger partial charge is 0.330 e. The van der Waals surface area contributed by atoms with Crippen LogP contribution in [0.25, 0.3) is 10.6 Å². The molecule has 7 heteroatoms. The molecule has 2 aromatic heterocycles. The maximum Gasteiger partial charge on any atom is 0.330 e. The number of nitrogens with zero attached hydrogens (tertiary/aromatic N) is 1. The lowest BCUT2D eigenvalue weighted by atomic mass is 10.2. The number of amides is 1. The van der Waals surface area contributed by atoms with Crippen molar-refractivity contribution in [3.05, 3.63) is 39.5 Å². The van der Waals surface area contributed by atoms with Crippen molar-refractivity contribution in [3.8, 4) is 10.6 Å². The van der Waals surface area contributed by atoms with Crippen LogP contribution in [0.1, 0.15) is 9.88 Å². The summed E-state index contributed by atoms with van der Waals surface area (Å²) in [7, 11) is 1.31. The molecule has 116 valence electrons. The van der Waals surface area contributed by atoms with E-state index in [1.807, 2.05) is 24.4 Å². The topological polar surface area (TPSA) is 68.3 Å². The third-order valence-corrected chi connectivity index (χ3v) is 4.60. The molecular weight excluding hydrogens is 320 g/mol. The van der Waals surface area contributed by atoms with Crippen molar-refractivity contribution < 1.29 is 14.3 Å². The fraction of sp³-hybridized carbons (Fsp3) is 0.267. The summed E-state index contributed by atoms with van der Waals surface area (Å²) in [5, 5.41) is 5.67. The van der Waals surface area contributed by atoms with Crippen LogP contribution < -0.4 is 5.32 Å². The number of aromatic nitrogens is 1. The fourth-order valence-electron chi connectivity index (χ4n) is 1.80. The Bertz CT molecular complexity index is 675. The summed E-state index contributed by atoms with van der Waals surface area (Å²) in [6.07, 6.45) is 3.13. The molecule has 0 unspecified atom stereocenters. The molecule has 1 amide bonds. The van der Waals surface area contributed by atoms with E-state index in [1.54, 1.807) is 17.4 Å². The van der Waals surface area contributed by atoms with Gasteiger partial charge in [0.15, 0.2) is 0 Å². The van der Waals surface area contributed by atoms with E-state index < -0.39 is 5.97 Å². The molecular formula is C15H16N2O3S2. The number of thiophene rings is 1. The Morgan fingerprint density at radius 3 is 2.95 bits per heavy atom. The number of hydrogen-bond donors (Lipinski definition) is 1. The van der Waals surface area contributed by atoms with Crippen molar-refractivity contribution in [2.45, 2.75) is 13.3 Å². The zero-order valence-corrected chi connectivity index (χ0v) is 13.9. The summed E-state index contributed by atoms with van der Waals surface area (Å²) in [5.74, 6) is -0.539. The lowest BCUT2D eigenvalue weighted by Gasteiger charge is -2.02. The standard InChI is InChI=1S/C15H16N2O3S2/c1-10-17-15(11-5-4-8-21-11)12(22-10)9-13(18)16-7-3-6-14(19)20-2/h3-6,8H,7,9H2,1-2H3,(H,16,18)/b6-3+. The quantitative estimate of drug-likeness (QED) is 0.650. The molecule has 22 heavy (non-hydrogen) atoms. The lowest BCUT2D eigenvalue weighted by Crippen LogP contribution is -2.25. The highest BCUT2D eigenvalue weighted by molar-refractivity contribution is 7.15. The summed E-state index contributed by atoms with van der Waals surface area (Å²) in [6.45, 7) is 2.22. The number of esters is 1. The van der Waals surface area contributed by atoms with Crippen molar-refractivity contribution in [1.29, 1.82) is 0 Å². The molecule has 0 aliphatic carbocycles. The van der Waals surface area contributed by atoms with Gasteiger partial charge < -0.3 is 10.1 Å². The van der Waals surface area contributed by atoms with Crippen molar-refractivity contribution in [3.63, 3.8) is 0 Å². The van der Waals surface area contributed by atoms with Gasteiger partial charge in [-0.3, -0.25) is 4.79 Å². The molecule has 0 bridgehead atoms. The molecule has 0 fully saturated rings. The first-order valence-electron chi connectivity index (χ1n) is 6.61. The van der Waals surface area contributed by atoms with Crippen LogP contribution in [0, 0.1) is 6.92 Å². The minimum atomic E-state index is -0.438. The van der Waals surface area contributed by atoms with Crippen LogP contribution in [-0.4, -0.2) is 30.5 Å². The van der Waals surface area contributed by atoms with Crippen molar-refractivity contribution >= 4 is 34.6 Å². The minimum absolute atomic E-state index is 0.101. The van der Waals surface area contributed by atoms with Gasteiger partial charge in [0.1, 0.15) is 0 Å². The van der Waals surface area contributed by atoms with E-state index in [2.05, 4.69) is 15.0 Å². The molecule has 0 radical (unpaired) electrons. The van der Waals surface area contributed by atoms with Crippen LogP contribution in [0.2, 0.25) is 0 Å². The third-order valence-electron chi connectivity index (χ3n) is 2.75. The largest absolute Gasteiger partial charge is 0.466 e. The van der Waals surface area contributed by atoms with Gasteiger partial charge in [0, 0.05) is 17.5 Å². The van der Waals surface area contributed by atoms with Crippen LogP contribution in [0.15, 0.2) is 29.7 Å². The highest BCUT2D eigenvalue weighted by Crippen LogP contribution is 2.31. The highest BCUT2D eigenvalue weighted by Gasteiger charge is 2.15. The second kappa shape index (κ2) is 7.86. The average molecular weight is 336 g/mol. The van der Waals surface area contributed by atoms with E-state index >= 15 is 0 Å². The Morgan fingerprint density at radius 2 is 2.27 bits per heavy atom. The Hall–Kier alpha value is -1.99. The van der Waals surface area contributed by atoms with Gasteiger partial charge in [-0.2, -0.15) is 0 Å². The van der Waals surface area contributed by atoms with E-state index in [-0.39, 0.29) is 12.3 Å². The van der Waals surface area contributed by atoms with Crippen molar-refractivity contribution in [1.82, 2.24) is 10.3 Å². The monoisotopic (exact) mass is 336 g/mol. The van der Waals surface area contributed by atoms with Crippen LogP contribution in [-0.2, 0) is 20.7 Å². The first-order valence-corrected chi connectivity index (χ1v) is 8.31. The van der Waals surface area contributed by atoms with Gasteiger partial charge in [0.05, 0.1) is 29.1 Å². The predicted octanol–water partition coefficient (Wildman–Crippen LogP) is 2.57. The summed E-state index contributed by atoms with van der Waals surface area (Å²) in [5.41, 5.74) is 0.887. The number of rotatable bonds is 6. The summed E-state index contributed by atoms with van der Waals surface area (Å²) in [4.78, 5) is 29.4. The van der Waals surface area contributed by atoms with Gasteiger partial charge in [-0.05, 0) is 18.4 Å². The first-order chi connectivity index (χ1) is 10.6. The molecule has 2 aromatic rings. The van der Waals surface area contributed by atoms with Gasteiger partial charge >= 0.3 is 5.97 Å². The normalized spacial score (nSPS) is 10.8. The Morgan fingerprint density at radius 1 is 1.45 bits per heavy atom. The number of carbonyl (C=O) groups is 2. The number of methoxy groups -OCH3 is 1. The van der Waals surface area contributed by atoms with Crippen LogP contribution in [0.4, 0.5) is 0 Å². The van der Waals surface area contributed by atoms with Gasteiger partial charge in [0.2, 0.25) is 5.91 Å². The van der Waals surface area contributed by atoms with E-state index in [0.717, 1.165) is 20.5 Å². The Kier molecular flexibility index (Phi) is 5.85. The number of thiazole rings is 1. The molecule has 0 atom stereocenters. The number of carbonyl (C=O) groups excluding carboxylic acids is 2. The van der Waals surface area contributed by atoms with Gasteiger partial charge in [0.25, 0.3) is 0 Å². The van der Waals surface area contributed by atoms with E-state index in [9.17, 15) is 9.59 Å². The maximum absolute atomic E-state index is 12.0. The molecule has 0 aliphatic rings. The van der Waals surface area contributed by atoms with Gasteiger partial charge in [-0.15, -0.1) is 22.7 Å². The van der Waals surface area contributed by atoms with Gasteiger partial charge in [-0.1, -0.05) is 12.1 Å². The predicted molar refractivity (Wildman–Crippen MR) is 88.0 cm³/mol. The second-order valence-electron chi connectivity index (χ2n) is 4.39. The lowest BCUT2D eigenvalue weighted by molar-refractivity contribution is -0.134. The van der Waals surface area contributed by atoms with Crippen LogP contribution >= 0.6 is 22.7 Å². The zero-order chi connectivity index (χ0) is 15.9. The molecule has 0 aliphatic heterocycles. The summed E-state index contributed by atoms with van der Waals surface area (Å²) >= 11 is 3.14. The molecule has 2 rings (SSSR count). The second-order valence-corrected chi connectivity index (χ2v) is 6.62.